The van der Waals surface area contributed by atoms with E-state index in [1.807, 2.05) is 6.92 Å². The summed E-state index contributed by atoms with van der Waals surface area (Å²) in [5, 5.41) is 0. The summed E-state index contributed by atoms with van der Waals surface area (Å²) >= 11 is 0.719. The van der Waals surface area contributed by atoms with Crippen LogP contribution in [0.3, 0.4) is 0 Å². The largest absolute Gasteiger partial charge is 0.315 e. The average Bonchev–Trinajstić information content (AvgIpc) is 2.53. The topological polar surface area (TPSA) is 79.0 Å². The van der Waals surface area contributed by atoms with Gasteiger partial charge in [-0.3, -0.25) is 4.79 Å². The Hall–Kier alpha value is -0.660. The van der Waals surface area contributed by atoms with Gasteiger partial charge in [-0.05, 0) is 18.3 Å². The van der Waals surface area contributed by atoms with Crippen molar-refractivity contribution in [1.82, 2.24) is 9.71 Å². The first kappa shape index (κ1) is 15.4. The fourth-order valence-electron chi connectivity index (χ4n) is 1.25. The monoisotopic (exact) mass is 292 g/mol. The van der Waals surface area contributed by atoms with Gasteiger partial charge < -0.3 is 4.98 Å². The molecule has 104 valence electrons. The van der Waals surface area contributed by atoms with Gasteiger partial charge >= 0.3 is 4.87 Å². The lowest BCUT2D eigenvalue weighted by molar-refractivity contribution is 0.263. The van der Waals surface area contributed by atoms with Crippen LogP contribution >= 0.6 is 11.3 Å². The average molecular weight is 292 g/mol. The Morgan fingerprint density at radius 3 is 2.33 bits per heavy atom. The molecule has 7 heteroatoms. The van der Waals surface area contributed by atoms with Crippen molar-refractivity contribution in [3.05, 3.63) is 15.4 Å². The van der Waals surface area contributed by atoms with Crippen LogP contribution in [-0.4, -0.2) is 19.9 Å². The molecule has 0 aliphatic heterocycles. The van der Waals surface area contributed by atoms with Gasteiger partial charge in [0.25, 0.3) is 10.0 Å². The van der Waals surface area contributed by atoms with Crippen LogP contribution in [0.2, 0.25) is 0 Å². The number of nitrogens with one attached hydrogen (secondary N) is 2. The zero-order valence-electron chi connectivity index (χ0n) is 11.3. The van der Waals surface area contributed by atoms with Gasteiger partial charge in [-0.2, -0.15) is 0 Å². The molecule has 1 heterocycles. The second kappa shape index (κ2) is 5.14. The zero-order chi connectivity index (χ0) is 14.1. The van der Waals surface area contributed by atoms with E-state index in [0.717, 1.165) is 11.3 Å². The molecule has 0 amide bonds. The Labute approximate surface area is 112 Å². The number of aromatic nitrogens is 1. The minimum Gasteiger partial charge on any atom is -0.315 e. The van der Waals surface area contributed by atoms with Crippen LogP contribution in [0.25, 0.3) is 0 Å². The van der Waals surface area contributed by atoms with Crippen LogP contribution in [-0.2, 0) is 10.0 Å². The summed E-state index contributed by atoms with van der Waals surface area (Å²) in [7, 11) is -3.59. The molecule has 1 rings (SSSR count). The van der Waals surface area contributed by atoms with Gasteiger partial charge in [0.1, 0.15) is 0 Å². The number of H-pyrrole nitrogens is 1. The third-order valence-electron chi connectivity index (χ3n) is 3.08. The Bertz CT molecular complexity index is 564. The van der Waals surface area contributed by atoms with Crippen LogP contribution in [0, 0.1) is 18.3 Å². The van der Waals surface area contributed by atoms with Crippen molar-refractivity contribution in [2.45, 2.75) is 38.8 Å². The van der Waals surface area contributed by atoms with Crippen molar-refractivity contribution in [3.8, 4) is 0 Å². The van der Waals surface area contributed by atoms with Gasteiger partial charge in [-0.15, -0.1) is 0 Å². The standard InChI is InChI=1S/C11H20N2O3S2/c1-7(11(3,4)5)6-12-18(15,16)9-8(2)13-10(14)17-9/h7,12H,6H2,1-5H3,(H,13,14). The van der Waals surface area contributed by atoms with Crippen molar-refractivity contribution in [2.24, 2.45) is 11.3 Å². The number of rotatable bonds is 4. The summed E-state index contributed by atoms with van der Waals surface area (Å²) in [6.45, 7) is 10.1. The molecule has 0 bridgehead atoms. The molecule has 0 radical (unpaired) electrons. The van der Waals surface area contributed by atoms with Gasteiger partial charge in [0.15, 0.2) is 4.21 Å². The van der Waals surface area contributed by atoms with E-state index in [1.54, 1.807) is 6.92 Å². The summed E-state index contributed by atoms with van der Waals surface area (Å²) in [6, 6.07) is 0. The van der Waals surface area contributed by atoms with Crippen molar-refractivity contribution >= 4 is 21.4 Å². The third kappa shape index (κ3) is 3.66. The van der Waals surface area contributed by atoms with Crippen LogP contribution in [0.1, 0.15) is 33.4 Å². The molecule has 1 aromatic heterocycles. The predicted molar refractivity (Wildman–Crippen MR) is 73.5 cm³/mol. The number of sulfonamides is 1. The zero-order valence-corrected chi connectivity index (χ0v) is 13.0. The maximum atomic E-state index is 12.0. The highest BCUT2D eigenvalue weighted by atomic mass is 32.2. The highest BCUT2D eigenvalue weighted by molar-refractivity contribution is 7.91. The van der Waals surface area contributed by atoms with E-state index in [4.69, 9.17) is 0 Å². The Morgan fingerprint density at radius 2 is 1.94 bits per heavy atom. The molecule has 2 N–H and O–H groups in total. The molecule has 18 heavy (non-hydrogen) atoms. The minimum absolute atomic E-state index is 0.0306. The van der Waals surface area contributed by atoms with Crippen LogP contribution < -0.4 is 9.60 Å². The minimum atomic E-state index is -3.59. The number of hydrogen-bond donors (Lipinski definition) is 2. The second-order valence-electron chi connectivity index (χ2n) is 5.55. The first-order chi connectivity index (χ1) is 8.04. The lowest BCUT2D eigenvalue weighted by atomic mass is 9.82. The summed E-state index contributed by atoms with van der Waals surface area (Å²) in [6.07, 6.45) is 0. The number of aromatic amines is 1. The summed E-state index contributed by atoms with van der Waals surface area (Å²) < 4.78 is 26.7. The maximum absolute atomic E-state index is 12.0. The molecule has 0 saturated carbocycles. The highest BCUT2D eigenvalue weighted by Crippen LogP contribution is 2.25. The van der Waals surface area contributed by atoms with Crippen LogP contribution in [0.5, 0.6) is 0 Å². The van der Waals surface area contributed by atoms with Gasteiger partial charge in [-0.1, -0.05) is 39.0 Å². The molecule has 1 unspecified atom stereocenters. The van der Waals surface area contributed by atoms with E-state index in [1.165, 1.54) is 0 Å². The quantitative estimate of drug-likeness (QED) is 0.886. The second-order valence-corrected chi connectivity index (χ2v) is 8.49. The molecule has 0 spiro atoms. The van der Waals surface area contributed by atoms with E-state index in [0.29, 0.717) is 12.2 Å². The Kier molecular flexibility index (Phi) is 4.40. The number of aryl methyl sites for hydroxylation is 1. The molecule has 0 saturated heterocycles. The smallest absolute Gasteiger partial charge is 0.305 e. The van der Waals surface area contributed by atoms with Crippen molar-refractivity contribution < 1.29 is 8.42 Å². The molecular formula is C11H20N2O3S2. The summed E-state index contributed by atoms with van der Waals surface area (Å²) in [5.74, 6) is 0.197. The van der Waals surface area contributed by atoms with E-state index < -0.39 is 10.0 Å². The van der Waals surface area contributed by atoms with Crippen molar-refractivity contribution in [3.63, 3.8) is 0 Å². The van der Waals surface area contributed by atoms with Gasteiger partial charge in [0.05, 0.1) is 0 Å². The molecule has 1 aromatic rings. The fourth-order valence-corrected chi connectivity index (χ4v) is 3.73. The molecular weight excluding hydrogens is 272 g/mol. The van der Waals surface area contributed by atoms with E-state index in [2.05, 4.69) is 30.5 Å². The molecule has 0 fully saturated rings. The van der Waals surface area contributed by atoms with Gasteiger partial charge in [0, 0.05) is 12.2 Å². The normalized spacial score (nSPS) is 14.7. The van der Waals surface area contributed by atoms with E-state index in [-0.39, 0.29) is 20.4 Å². The van der Waals surface area contributed by atoms with E-state index >= 15 is 0 Å². The number of hydrogen-bond acceptors (Lipinski definition) is 4. The van der Waals surface area contributed by atoms with Gasteiger partial charge in [0.2, 0.25) is 0 Å². The lowest BCUT2D eigenvalue weighted by Crippen LogP contribution is -2.33. The molecule has 5 nitrogen and oxygen atoms in total. The predicted octanol–water partition coefficient (Wildman–Crippen LogP) is 1.71. The molecule has 0 aromatic carbocycles. The lowest BCUT2D eigenvalue weighted by Gasteiger charge is -2.27. The fraction of sp³-hybridized carbons (Fsp3) is 0.727. The first-order valence-corrected chi connectivity index (χ1v) is 8.03. The summed E-state index contributed by atoms with van der Waals surface area (Å²) in [4.78, 5) is 13.3. The Balaban J connectivity index is 2.85. The number of thiazole rings is 1. The molecule has 0 aliphatic rings. The van der Waals surface area contributed by atoms with Gasteiger partial charge in [-0.25, -0.2) is 13.1 Å². The van der Waals surface area contributed by atoms with Crippen LogP contribution in [0.15, 0.2) is 9.00 Å². The van der Waals surface area contributed by atoms with E-state index in [9.17, 15) is 13.2 Å². The Morgan fingerprint density at radius 1 is 1.39 bits per heavy atom. The van der Waals surface area contributed by atoms with Crippen molar-refractivity contribution in [2.75, 3.05) is 6.54 Å². The SMILES string of the molecule is Cc1[nH]c(=O)sc1S(=O)(=O)NCC(C)C(C)(C)C. The maximum Gasteiger partial charge on any atom is 0.305 e. The third-order valence-corrected chi connectivity index (χ3v) is 6.11. The first-order valence-electron chi connectivity index (χ1n) is 5.73. The molecule has 0 aliphatic carbocycles. The summed E-state index contributed by atoms with van der Waals surface area (Å²) in [5.41, 5.74) is 0.420. The van der Waals surface area contributed by atoms with Crippen molar-refractivity contribution in [1.29, 1.82) is 0 Å². The highest BCUT2D eigenvalue weighted by Gasteiger charge is 2.25. The molecule has 1 atom stereocenters. The van der Waals surface area contributed by atoms with Crippen LogP contribution in [0.4, 0.5) is 0 Å².